The van der Waals surface area contributed by atoms with Gasteiger partial charge in [0.05, 0.1) is 13.7 Å². The quantitative estimate of drug-likeness (QED) is 0.656. The van der Waals surface area contributed by atoms with E-state index in [1.54, 1.807) is 19.1 Å². The van der Waals surface area contributed by atoms with Gasteiger partial charge in [-0.1, -0.05) is 13.0 Å². The van der Waals surface area contributed by atoms with Gasteiger partial charge in [0.15, 0.2) is 11.5 Å². The molecule has 3 rings (SSSR count). The van der Waals surface area contributed by atoms with Crippen molar-refractivity contribution in [3.05, 3.63) is 45.6 Å². The van der Waals surface area contributed by atoms with Crippen LogP contribution in [0.15, 0.2) is 29.6 Å². The molecule has 0 aliphatic carbocycles. The Balaban J connectivity index is 1.75. The average Bonchev–Trinajstić information content (AvgIpc) is 3.11. The van der Waals surface area contributed by atoms with E-state index in [4.69, 9.17) is 14.2 Å². The van der Waals surface area contributed by atoms with E-state index in [1.165, 1.54) is 11.1 Å². The fourth-order valence-electron chi connectivity index (χ4n) is 3.52. The van der Waals surface area contributed by atoms with Crippen LogP contribution < -0.4 is 9.47 Å². The van der Waals surface area contributed by atoms with Gasteiger partial charge in [0.1, 0.15) is 6.61 Å². The van der Waals surface area contributed by atoms with Crippen LogP contribution in [0.1, 0.15) is 35.4 Å². The number of thiophene rings is 1. The van der Waals surface area contributed by atoms with Gasteiger partial charge in [-0.25, -0.2) is 0 Å². The third-order valence-corrected chi connectivity index (χ3v) is 5.75. The number of ether oxygens (including phenoxy) is 3. The second-order valence-corrected chi connectivity index (χ2v) is 7.27. The van der Waals surface area contributed by atoms with Crippen molar-refractivity contribution in [2.45, 2.75) is 32.4 Å². The summed E-state index contributed by atoms with van der Waals surface area (Å²) in [5.41, 5.74) is 2.77. The molecule has 0 amide bonds. The van der Waals surface area contributed by atoms with Crippen LogP contribution in [0.25, 0.3) is 0 Å². The summed E-state index contributed by atoms with van der Waals surface area (Å²) < 4.78 is 16.3. The maximum atomic E-state index is 5.83. The first-order valence-electron chi connectivity index (χ1n) is 8.85. The highest BCUT2D eigenvalue weighted by Crippen LogP contribution is 2.37. The topological polar surface area (TPSA) is 30.9 Å². The Morgan fingerprint density at radius 1 is 1.16 bits per heavy atom. The van der Waals surface area contributed by atoms with Gasteiger partial charge in [-0.2, -0.15) is 0 Å². The molecule has 4 nitrogen and oxygen atoms in total. The minimum atomic E-state index is 0.509. The lowest BCUT2D eigenvalue weighted by atomic mass is 9.97. The van der Waals surface area contributed by atoms with Crippen LogP contribution in [-0.2, 0) is 17.7 Å². The van der Waals surface area contributed by atoms with Crippen LogP contribution in [0, 0.1) is 0 Å². The van der Waals surface area contributed by atoms with E-state index in [-0.39, 0.29) is 0 Å². The Kier molecular flexibility index (Phi) is 6.34. The van der Waals surface area contributed by atoms with E-state index >= 15 is 0 Å². The fraction of sp³-hybridized carbons (Fsp3) is 0.500. The lowest BCUT2D eigenvalue weighted by molar-refractivity contribution is 0.143. The summed E-state index contributed by atoms with van der Waals surface area (Å²) in [6.07, 6.45) is 2.29. The minimum Gasteiger partial charge on any atom is -0.493 e. The van der Waals surface area contributed by atoms with Gasteiger partial charge in [0.25, 0.3) is 0 Å². The highest BCUT2D eigenvalue weighted by molar-refractivity contribution is 7.10. The maximum absolute atomic E-state index is 5.83. The summed E-state index contributed by atoms with van der Waals surface area (Å²) in [5.74, 6) is 1.56. The molecule has 2 aromatic rings. The van der Waals surface area contributed by atoms with E-state index in [0.29, 0.717) is 19.3 Å². The number of methoxy groups -OCH3 is 2. The Labute approximate surface area is 154 Å². The molecule has 0 fully saturated rings. The fourth-order valence-corrected chi connectivity index (χ4v) is 4.45. The number of rotatable bonds is 8. The lowest BCUT2D eigenvalue weighted by Gasteiger charge is -2.35. The second-order valence-electron chi connectivity index (χ2n) is 6.27. The molecule has 0 bridgehead atoms. The average molecular weight is 362 g/mol. The predicted octanol–water partition coefficient (Wildman–Crippen LogP) is 4.29. The molecular weight excluding hydrogens is 334 g/mol. The van der Waals surface area contributed by atoms with Crippen molar-refractivity contribution >= 4 is 11.3 Å². The minimum absolute atomic E-state index is 0.509. The van der Waals surface area contributed by atoms with E-state index in [0.717, 1.165) is 37.4 Å². The van der Waals surface area contributed by atoms with Gasteiger partial charge in [0.2, 0.25) is 0 Å². The van der Waals surface area contributed by atoms with Crippen molar-refractivity contribution in [3.63, 3.8) is 0 Å². The van der Waals surface area contributed by atoms with Crippen LogP contribution >= 0.6 is 11.3 Å². The Morgan fingerprint density at radius 2 is 2.04 bits per heavy atom. The molecule has 0 saturated heterocycles. The molecule has 25 heavy (non-hydrogen) atoms. The molecule has 136 valence electrons. The van der Waals surface area contributed by atoms with E-state index in [9.17, 15) is 0 Å². The smallest absolute Gasteiger partial charge is 0.161 e. The Morgan fingerprint density at radius 3 is 2.80 bits per heavy atom. The molecular formula is C20H27NO3S. The van der Waals surface area contributed by atoms with Crippen LogP contribution in [0.2, 0.25) is 0 Å². The van der Waals surface area contributed by atoms with Crippen molar-refractivity contribution in [2.24, 2.45) is 0 Å². The molecule has 1 aromatic carbocycles. The van der Waals surface area contributed by atoms with Crippen LogP contribution in [0.3, 0.4) is 0 Å². The van der Waals surface area contributed by atoms with Gasteiger partial charge < -0.3 is 14.2 Å². The molecule has 2 heterocycles. The van der Waals surface area contributed by atoms with Crippen molar-refractivity contribution in [3.8, 4) is 11.5 Å². The highest BCUT2D eigenvalue weighted by atomic mass is 32.1. The van der Waals surface area contributed by atoms with Crippen LogP contribution in [0.4, 0.5) is 0 Å². The Bertz CT molecular complexity index is 685. The van der Waals surface area contributed by atoms with E-state index in [1.807, 2.05) is 17.4 Å². The van der Waals surface area contributed by atoms with E-state index in [2.05, 4.69) is 35.4 Å². The molecule has 0 saturated carbocycles. The molecule has 1 unspecified atom stereocenters. The summed E-state index contributed by atoms with van der Waals surface area (Å²) in [4.78, 5) is 4.14. The second kappa shape index (κ2) is 8.70. The van der Waals surface area contributed by atoms with Crippen molar-refractivity contribution in [1.82, 2.24) is 4.90 Å². The first-order chi connectivity index (χ1) is 12.3. The summed E-state index contributed by atoms with van der Waals surface area (Å²) in [6.45, 7) is 5.41. The number of hydrogen-bond acceptors (Lipinski definition) is 5. The van der Waals surface area contributed by atoms with Gasteiger partial charge in [-0.05, 0) is 47.5 Å². The van der Waals surface area contributed by atoms with Gasteiger partial charge in [-0.15, -0.1) is 11.3 Å². The third-order valence-electron chi connectivity index (χ3n) is 4.75. The van der Waals surface area contributed by atoms with Crippen molar-refractivity contribution in [1.29, 1.82) is 0 Å². The molecule has 1 aromatic heterocycles. The zero-order valence-corrected chi connectivity index (χ0v) is 16.1. The van der Waals surface area contributed by atoms with Crippen LogP contribution in [0.5, 0.6) is 11.5 Å². The number of fused-ring (bicyclic) bond motifs is 1. The maximum Gasteiger partial charge on any atom is 0.161 e. The molecule has 0 radical (unpaired) electrons. The predicted molar refractivity (Wildman–Crippen MR) is 102 cm³/mol. The van der Waals surface area contributed by atoms with Crippen molar-refractivity contribution < 1.29 is 14.2 Å². The van der Waals surface area contributed by atoms with Gasteiger partial charge in [0, 0.05) is 31.1 Å². The van der Waals surface area contributed by atoms with Crippen LogP contribution in [-0.4, -0.2) is 38.9 Å². The summed E-state index contributed by atoms with van der Waals surface area (Å²) in [7, 11) is 3.35. The third kappa shape index (κ3) is 4.17. The summed E-state index contributed by atoms with van der Waals surface area (Å²) in [6, 6.07) is 9.05. The molecule has 0 N–H and O–H groups in total. The van der Waals surface area contributed by atoms with Crippen molar-refractivity contribution in [2.75, 3.05) is 34.0 Å². The van der Waals surface area contributed by atoms with Gasteiger partial charge >= 0.3 is 0 Å². The molecule has 1 atom stereocenters. The number of hydrogen-bond donors (Lipinski definition) is 0. The first kappa shape index (κ1) is 18.2. The number of nitrogens with zero attached hydrogens (tertiary/aromatic N) is 1. The zero-order chi connectivity index (χ0) is 17.6. The molecule has 0 spiro atoms. The highest BCUT2D eigenvalue weighted by Gasteiger charge is 2.27. The molecule has 5 heteroatoms. The monoisotopic (exact) mass is 361 g/mol. The Hall–Kier alpha value is -1.56. The molecule has 1 aliphatic heterocycles. The summed E-state index contributed by atoms with van der Waals surface area (Å²) >= 11 is 1.90. The van der Waals surface area contributed by atoms with Gasteiger partial charge in [-0.3, -0.25) is 4.90 Å². The molecule has 1 aliphatic rings. The first-order valence-corrected chi connectivity index (χ1v) is 9.73. The number of benzene rings is 1. The standard InChI is InChI=1S/C20H27NO3S/c1-4-17-16-8-12-25-20(16)7-9-21(17)14-15-5-6-18(23-3)19(13-15)24-11-10-22-2/h5-6,8,12-13,17H,4,7,9-11,14H2,1-3H3. The lowest BCUT2D eigenvalue weighted by Crippen LogP contribution is -2.33. The largest absolute Gasteiger partial charge is 0.493 e. The van der Waals surface area contributed by atoms with E-state index < -0.39 is 0 Å². The normalized spacial score (nSPS) is 17.3. The summed E-state index contributed by atoms with van der Waals surface area (Å²) in [5, 5.41) is 2.23. The SMILES string of the molecule is CCC1c2ccsc2CCN1Cc1ccc(OC)c(OCCOC)c1. The zero-order valence-electron chi connectivity index (χ0n) is 15.3.